The quantitative estimate of drug-likeness (QED) is 0.757. The van der Waals surface area contributed by atoms with Gasteiger partial charge < -0.3 is 4.90 Å². The molecular formula is C14H17N3O. The molecule has 0 aliphatic carbocycles. The summed E-state index contributed by atoms with van der Waals surface area (Å²) in [4.78, 5) is 18.0. The predicted octanol–water partition coefficient (Wildman–Crippen LogP) is 1.96. The number of aromatic nitrogens is 2. The van der Waals surface area contributed by atoms with Crippen molar-refractivity contribution in [3.8, 4) is 0 Å². The van der Waals surface area contributed by atoms with Crippen LogP contribution in [0.15, 0.2) is 24.4 Å². The van der Waals surface area contributed by atoms with Crippen LogP contribution in [0.1, 0.15) is 34.9 Å². The van der Waals surface area contributed by atoms with Crippen molar-refractivity contribution in [2.24, 2.45) is 0 Å². The van der Waals surface area contributed by atoms with Gasteiger partial charge in [0.25, 0.3) is 0 Å². The van der Waals surface area contributed by atoms with E-state index in [1.807, 2.05) is 28.8 Å². The molecule has 0 radical (unpaired) electrons. The molecule has 2 aromatic heterocycles. The molecule has 4 nitrogen and oxygen atoms in total. The summed E-state index contributed by atoms with van der Waals surface area (Å²) in [6.45, 7) is 2.23. The minimum Gasteiger partial charge on any atom is -0.306 e. The summed E-state index contributed by atoms with van der Waals surface area (Å²) in [5, 5.41) is 0. The van der Waals surface area contributed by atoms with Crippen molar-refractivity contribution in [2.75, 3.05) is 20.1 Å². The van der Waals surface area contributed by atoms with Gasteiger partial charge in [0.05, 0.1) is 11.4 Å². The molecule has 1 aliphatic rings. The number of hydrogen-bond acceptors (Lipinski definition) is 3. The number of carbonyl (C=O) groups is 1. The predicted molar refractivity (Wildman–Crippen MR) is 70.1 cm³/mol. The fourth-order valence-corrected chi connectivity index (χ4v) is 2.75. The lowest BCUT2D eigenvalue weighted by Gasteiger charge is -2.28. The average molecular weight is 243 g/mol. The molecule has 0 aromatic carbocycles. The molecule has 1 fully saturated rings. The van der Waals surface area contributed by atoms with Crippen molar-refractivity contribution in [3.63, 3.8) is 0 Å². The number of carbonyl (C=O) groups excluding carboxylic acids is 1. The van der Waals surface area contributed by atoms with Crippen molar-refractivity contribution >= 4 is 11.9 Å². The fraction of sp³-hybridized carbons (Fsp3) is 0.429. The zero-order valence-corrected chi connectivity index (χ0v) is 10.5. The summed E-state index contributed by atoms with van der Waals surface area (Å²) >= 11 is 0. The maximum atomic E-state index is 11.0. The topological polar surface area (TPSA) is 37.6 Å². The molecule has 2 aromatic rings. The Morgan fingerprint density at radius 3 is 3.11 bits per heavy atom. The molecule has 1 saturated heterocycles. The summed E-state index contributed by atoms with van der Waals surface area (Å²) in [5.41, 5.74) is 2.63. The minimum atomic E-state index is 0.489. The van der Waals surface area contributed by atoms with E-state index in [-0.39, 0.29) is 0 Å². The maximum absolute atomic E-state index is 11.0. The standard InChI is InChI=1S/C14H17N3O/c1-16-7-3-4-11(8-16)13-9-17-12(10-18)5-2-6-14(17)15-13/h2,5-6,9-11H,3-4,7-8H2,1H3. The van der Waals surface area contributed by atoms with E-state index in [0.717, 1.165) is 24.2 Å². The first-order valence-electron chi connectivity index (χ1n) is 6.39. The molecule has 0 N–H and O–H groups in total. The molecule has 94 valence electrons. The second kappa shape index (κ2) is 4.53. The Labute approximate surface area is 106 Å². The molecule has 1 aliphatic heterocycles. The number of likely N-dealkylation sites (N-methyl/N-ethyl adjacent to an activating group) is 1. The lowest BCUT2D eigenvalue weighted by Crippen LogP contribution is -2.30. The normalized spacial score (nSPS) is 21.3. The van der Waals surface area contributed by atoms with Crippen LogP contribution in [-0.2, 0) is 0 Å². The molecule has 0 spiro atoms. The Hall–Kier alpha value is -1.68. The van der Waals surface area contributed by atoms with Crippen LogP contribution >= 0.6 is 0 Å². The number of piperidine rings is 1. The Morgan fingerprint density at radius 1 is 1.44 bits per heavy atom. The SMILES string of the molecule is CN1CCCC(c2cn3c(C=O)cccc3n2)C1. The number of aldehydes is 1. The Morgan fingerprint density at radius 2 is 2.33 bits per heavy atom. The Kier molecular flexibility index (Phi) is 2.88. The van der Waals surface area contributed by atoms with Crippen LogP contribution in [-0.4, -0.2) is 40.7 Å². The van der Waals surface area contributed by atoms with E-state index in [9.17, 15) is 4.79 Å². The number of imidazole rings is 1. The number of rotatable bonds is 2. The number of hydrogen-bond donors (Lipinski definition) is 0. The smallest absolute Gasteiger partial charge is 0.166 e. The van der Waals surface area contributed by atoms with E-state index in [1.54, 1.807) is 0 Å². The summed E-state index contributed by atoms with van der Waals surface area (Å²) < 4.78 is 1.89. The van der Waals surface area contributed by atoms with Crippen LogP contribution in [0.25, 0.3) is 5.65 Å². The molecule has 0 saturated carbocycles. The van der Waals surface area contributed by atoms with Crippen LogP contribution in [0.4, 0.5) is 0 Å². The van der Waals surface area contributed by atoms with Crippen LogP contribution in [0.3, 0.4) is 0 Å². The first kappa shape index (κ1) is 11.4. The second-order valence-electron chi connectivity index (χ2n) is 5.06. The van der Waals surface area contributed by atoms with Crippen molar-refractivity contribution in [1.29, 1.82) is 0 Å². The van der Waals surface area contributed by atoms with Gasteiger partial charge in [0.2, 0.25) is 0 Å². The first-order valence-corrected chi connectivity index (χ1v) is 6.39. The molecule has 0 amide bonds. The molecule has 1 unspecified atom stereocenters. The zero-order valence-electron chi connectivity index (χ0n) is 10.5. The Balaban J connectivity index is 2.00. The van der Waals surface area contributed by atoms with E-state index in [2.05, 4.69) is 16.9 Å². The van der Waals surface area contributed by atoms with E-state index in [4.69, 9.17) is 0 Å². The third kappa shape index (κ3) is 1.93. The Bertz CT molecular complexity index is 575. The number of pyridine rings is 1. The van der Waals surface area contributed by atoms with Gasteiger partial charge in [-0.15, -0.1) is 0 Å². The number of likely N-dealkylation sites (tertiary alicyclic amines) is 1. The van der Waals surface area contributed by atoms with E-state index >= 15 is 0 Å². The first-order chi connectivity index (χ1) is 8.78. The van der Waals surface area contributed by atoms with Crippen molar-refractivity contribution in [3.05, 3.63) is 35.8 Å². The van der Waals surface area contributed by atoms with Crippen molar-refractivity contribution in [2.45, 2.75) is 18.8 Å². The van der Waals surface area contributed by atoms with Crippen molar-refractivity contribution < 1.29 is 4.79 Å². The highest BCUT2D eigenvalue weighted by atomic mass is 16.1. The van der Waals surface area contributed by atoms with Gasteiger partial charge in [-0.2, -0.15) is 0 Å². The van der Waals surface area contributed by atoms with Crippen molar-refractivity contribution in [1.82, 2.24) is 14.3 Å². The largest absolute Gasteiger partial charge is 0.306 e. The third-order valence-electron chi connectivity index (χ3n) is 3.71. The molecule has 3 heterocycles. The van der Waals surface area contributed by atoms with Gasteiger partial charge in [-0.25, -0.2) is 4.98 Å². The lowest BCUT2D eigenvalue weighted by molar-refractivity contribution is 0.111. The minimum absolute atomic E-state index is 0.489. The third-order valence-corrected chi connectivity index (χ3v) is 3.71. The van der Waals surface area contributed by atoms with E-state index < -0.39 is 0 Å². The van der Waals surface area contributed by atoms with Gasteiger partial charge in [0.1, 0.15) is 5.65 Å². The lowest BCUT2D eigenvalue weighted by atomic mass is 9.96. The molecule has 18 heavy (non-hydrogen) atoms. The van der Waals surface area contributed by atoms with Crippen LogP contribution in [0.2, 0.25) is 0 Å². The number of nitrogens with zero attached hydrogens (tertiary/aromatic N) is 3. The molecule has 1 atom stereocenters. The van der Waals surface area contributed by atoms with Crippen LogP contribution in [0, 0.1) is 0 Å². The highest BCUT2D eigenvalue weighted by Crippen LogP contribution is 2.25. The molecular weight excluding hydrogens is 226 g/mol. The summed E-state index contributed by atoms with van der Waals surface area (Å²) in [7, 11) is 2.15. The molecule has 0 bridgehead atoms. The highest BCUT2D eigenvalue weighted by Gasteiger charge is 2.21. The molecule has 4 heteroatoms. The van der Waals surface area contributed by atoms with Gasteiger partial charge in [0.15, 0.2) is 6.29 Å². The highest BCUT2D eigenvalue weighted by molar-refractivity contribution is 5.73. The summed E-state index contributed by atoms with van der Waals surface area (Å²) in [6.07, 6.45) is 5.30. The average Bonchev–Trinajstić information content (AvgIpc) is 2.82. The van der Waals surface area contributed by atoms with Crippen LogP contribution in [0.5, 0.6) is 0 Å². The zero-order chi connectivity index (χ0) is 12.5. The van der Waals surface area contributed by atoms with Gasteiger partial charge >= 0.3 is 0 Å². The monoisotopic (exact) mass is 243 g/mol. The maximum Gasteiger partial charge on any atom is 0.166 e. The van der Waals surface area contributed by atoms with Gasteiger partial charge in [-0.3, -0.25) is 9.20 Å². The van der Waals surface area contributed by atoms with Gasteiger partial charge in [0, 0.05) is 18.7 Å². The van der Waals surface area contributed by atoms with Gasteiger partial charge in [-0.1, -0.05) is 6.07 Å². The van der Waals surface area contributed by atoms with E-state index in [1.165, 1.54) is 19.4 Å². The van der Waals surface area contributed by atoms with E-state index in [0.29, 0.717) is 11.6 Å². The molecule has 3 rings (SSSR count). The summed E-state index contributed by atoms with van der Waals surface area (Å²) in [5.74, 6) is 0.489. The fourth-order valence-electron chi connectivity index (χ4n) is 2.75. The van der Waals surface area contributed by atoms with Crippen LogP contribution < -0.4 is 0 Å². The second-order valence-corrected chi connectivity index (χ2v) is 5.06. The van der Waals surface area contributed by atoms with Gasteiger partial charge in [-0.05, 0) is 38.6 Å². The number of fused-ring (bicyclic) bond motifs is 1. The summed E-state index contributed by atoms with van der Waals surface area (Å²) in [6, 6.07) is 5.64.